The molecule has 4 nitrogen and oxygen atoms in total. The van der Waals surface area contributed by atoms with Gasteiger partial charge in [0.15, 0.2) is 0 Å². The highest BCUT2D eigenvalue weighted by atomic mass is 16.5. The summed E-state index contributed by atoms with van der Waals surface area (Å²) in [5.74, 6) is 1.61. The number of hydrogen-bond acceptors (Lipinski definition) is 4. The maximum absolute atomic E-state index is 5.73. The van der Waals surface area contributed by atoms with Gasteiger partial charge in [0, 0.05) is 6.54 Å². The van der Waals surface area contributed by atoms with Crippen LogP contribution in [0, 0.1) is 0 Å². The highest BCUT2D eigenvalue weighted by molar-refractivity contribution is 5.28. The maximum atomic E-state index is 5.73. The number of aromatic nitrogens is 1. The average Bonchev–Trinajstić information content (AvgIpc) is 2.54. The van der Waals surface area contributed by atoms with E-state index in [1.165, 1.54) is 0 Å². The van der Waals surface area contributed by atoms with E-state index in [4.69, 9.17) is 9.47 Å². The zero-order valence-electron chi connectivity index (χ0n) is 12.6. The topological polar surface area (TPSA) is 43.4 Å². The molecule has 0 unspecified atom stereocenters. The number of ether oxygens (including phenoxy) is 2. The van der Waals surface area contributed by atoms with E-state index in [0.717, 1.165) is 42.3 Å². The van der Waals surface area contributed by atoms with Gasteiger partial charge in [-0.05, 0) is 42.8 Å². The van der Waals surface area contributed by atoms with Gasteiger partial charge in [0.2, 0.25) is 0 Å². The molecule has 0 aliphatic heterocycles. The van der Waals surface area contributed by atoms with Gasteiger partial charge >= 0.3 is 0 Å². The summed E-state index contributed by atoms with van der Waals surface area (Å²) in [4.78, 5) is 4.38. The summed E-state index contributed by atoms with van der Waals surface area (Å²) < 4.78 is 10.9. The van der Waals surface area contributed by atoms with Crippen molar-refractivity contribution in [3.63, 3.8) is 0 Å². The lowest BCUT2D eigenvalue weighted by Gasteiger charge is -2.08. The Kier molecular flexibility index (Phi) is 6.03. The smallest absolute Gasteiger partial charge is 0.138 e. The van der Waals surface area contributed by atoms with Crippen molar-refractivity contribution in [2.24, 2.45) is 0 Å². The maximum Gasteiger partial charge on any atom is 0.138 e. The third-order valence-electron chi connectivity index (χ3n) is 3.07. The zero-order chi connectivity index (χ0) is 14.9. The van der Waals surface area contributed by atoms with Crippen LogP contribution in [0.3, 0.4) is 0 Å². The third kappa shape index (κ3) is 5.08. The molecule has 0 amide bonds. The summed E-state index contributed by atoms with van der Waals surface area (Å²) in [5, 5.41) is 3.32. The first-order valence-corrected chi connectivity index (χ1v) is 7.23. The van der Waals surface area contributed by atoms with Crippen LogP contribution in [0.25, 0.3) is 0 Å². The molecule has 0 saturated heterocycles. The van der Waals surface area contributed by atoms with Crippen LogP contribution >= 0.6 is 0 Å². The molecule has 1 aromatic carbocycles. The van der Waals surface area contributed by atoms with E-state index in [1.54, 1.807) is 13.3 Å². The third-order valence-corrected chi connectivity index (χ3v) is 3.07. The second-order valence-electron chi connectivity index (χ2n) is 4.80. The van der Waals surface area contributed by atoms with Gasteiger partial charge in [0.25, 0.3) is 0 Å². The number of methoxy groups -OCH3 is 1. The van der Waals surface area contributed by atoms with Crippen molar-refractivity contribution in [2.75, 3.05) is 13.7 Å². The summed E-state index contributed by atoms with van der Waals surface area (Å²) in [6.45, 7) is 4.46. The molecule has 0 spiro atoms. The van der Waals surface area contributed by atoms with E-state index < -0.39 is 0 Å². The summed E-state index contributed by atoms with van der Waals surface area (Å²) in [6.07, 6.45) is 2.89. The van der Waals surface area contributed by atoms with E-state index >= 15 is 0 Å². The van der Waals surface area contributed by atoms with Gasteiger partial charge in [0.05, 0.1) is 19.0 Å². The van der Waals surface area contributed by atoms with Crippen molar-refractivity contribution in [3.8, 4) is 11.5 Å². The molecule has 1 aromatic heterocycles. The van der Waals surface area contributed by atoms with Gasteiger partial charge in [-0.2, -0.15) is 0 Å². The monoisotopic (exact) mass is 286 g/mol. The van der Waals surface area contributed by atoms with Crippen molar-refractivity contribution in [1.29, 1.82) is 0 Å². The SMILES string of the molecule is CCCNCc1ccc(OCc2cccc(OC)c2)cn1. The molecular weight excluding hydrogens is 264 g/mol. The fraction of sp³-hybridized carbons (Fsp3) is 0.353. The van der Waals surface area contributed by atoms with E-state index in [-0.39, 0.29) is 0 Å². The lowest BCUT2D eigenvalue weighted by molar-refractivity contribution is 0.303. The van der Waals surface area contributed by atoms with Crippen LogP contribution in [0.1, 0.15) is 24.6 Å². The van der Waals surface area contributed by atoms with E-state index in [9.17, 15) is 0 Å². The molecule has 0 radical (unpaired) electrons. The molecule has 0 bridgehead atoms. The first-order valence-electron chi connectivity index (χ1n) is 7.23. The van der Waals surface area contributed by atoms with Crippen LogP contribution in [0.15, 0.2) is 42.6 Å². The summed E-state index contributed by atoms with van der Waals surface area (Å²) in [7, 11) is 1.66. The lowest BCUT2D eigenvalue weighted by atomic mass is 10.2. The van der Waals surface area contributed by atoms with Gasteiger partial charge in [0.1, 0.15) is 18.1 Å². The van der Waals surface area contributed by atoms with Crippen LogP contribution in [0.5, 0.6) is 11.5 Å². The van der Waals surface area contributed by atoms with Crippen molar-refractivity contribution in [3.05, 3.63) is 53.9 Å². The Morgan fingerprint density at radius 1 is 1.14 bits per heavy atom. The minimum absolute atomic E-state index is 0.506. The Labute approximate surface area is 126 Å². The van der Waals surface area contributed by atoms with E-state index in [2.05, 4.69) is 17.2 Å². The second kappa shape index (κ2) is 8.27. The molecule has 21 heavy (non-hydrogen) atoms. The molecule has 0 saturated carbocycles. The summed E-state index contributed by atoms with van der Waals surface area (Å²) in [5.41, 5.74) is 2.10. The van der Waals surface area contributed by atoms with Gasteiger partial charge in [-0.25, -0.2) is 0 Å². The van der Waals surface area contributed by atoms with Gasteiger partial charge in [-0.15, -0.1) is 0 Å². The number of nitrogens with zero attached hydrogens (tertiary/aromatic N) is 1. The van der Waals surface area contributed by atoms with Crippen molar-refractivity contribution in [1.82, 2.24) is 10.3 Å². The van der Waals surface area contributed by atoms with Crippen molar-refractivity contribution in [2.45, 2.75) is 26.5 Å². The van der Waals surface area contributed by atoms with Crippen LogP contribution in [-0.4, -0.2) is 18.6 Å². The van der Waals surface area contributed by atoms with Crippen LogP contribution < -0.4 is 14.8 Å². The standard InChI is InChI=1S/C17H22N2O2/c1-3-9-18-11-15-7-8-17(12-19-15)21-13-14-5-4-6-16(10-14)20-2/h4-8,10,12,18H,3,9,11,13H2,1-2H3. The Morgan fingerprint density at radius 2 is 2.05 bits per heavy atom. The van der Waals surface area contributed by atoms with Crippen LogP contribution in [-0.2, 0) is 13.2 Å². The fourth-order valence-electron chi connectivity index (χ4n) is 1.92. The highest BCUT2D eigenvalue weighted by Crippen LogP contribution is 2.16. The molecule has 0 fully saturated rings. The number of benzene rings is 1. The van der Waals surface area contributed by atoms with Crippen molar-refractivity contribution < 1.29 is 9.47 Å². The largest absolute Gasteiger partial charge is 0.497 e. The highest BCUT2D eigenvalue weighted by Gasteiger charge is 2.00. The molecule has 0 aliphatic carbocycles. The number of rotatable bonds is 8. The van der Waals surface area contributed by atoms with Gasteiger partial charge in [-0.1, -0.05) is 19.1 Å². The molecule has 2 aromatic rings. The number of nitrogens with one attached hydrogen (secondary N) is 1. The average molecular weight is 286 g/mol. The van der Waals surface area contributed by atoms with Gasteiger partial charge < -0.3 is 14.8 Å². The van der Waals surface area contributed by atoms with E-state index in [1.807, 2.05) is 36.4 Å². The Morgan fingerprint density at radius 3 is 2.76 bits per heavy atom. The molecule has 112 valence electrons. The van der Waals surface area contributed by atoms with Crippen LogP contribution in [0.2, 0.25) is 0 Å². The van der Waals surface area contributed by atoms with Gasteiger partial charge in [-0.3, -0.25) is 4.98 Å². The molecule has 0 aliphatic rings. The number of pyridine rings is 1. The molecule has 1 N–H and O–H groups in total. The molecule has 4 heteroatoms. The lowest BCUT2D eigenvalue weighted by Crippen LogP contribution is -2.14. The summed E-state index contributed by atoms with van der Waals surface area (Å²) >= 11 is 0. The molecular formula is C17H22N2O2. The Hall–Kier alpha value is -2.07. The fourth-order valence-corrected chi connectivity index (χ4v) is 1.92. The quantitative estimate of drug-likeness (QED) is 0.757. The molecule has 1 heterocycles. The predicted molar refractivity (Wildman–Crippen MR) is 83.6 cm³/mol. The first kappa shape index (κ1) is 15.3. The number of hydrogen-bond donors (Lipinski definition) is 1. The normalized spacial score (nSPS) is 10.4. The summed E-state index contributed by atoms with van der Waals surface area (Å²) in [6, 6.07) is 11.8. The Balaban J connectivity index is 1.85. The first-order chi connectivity index (χ1) is 10.3. The van der Waals surface area contributed by atoms with Crippen LogP contribution in [0.4, 0.5) is 0 Å². The second-order valence-corrected chi connectivity index (χ2v) is 4.80. The minimum atomic E-state index is 0.506. The molecule has 2 rings (SSSR count). The zero-order valence-corrected chi connectivity index (χ0v) is 12.6. The molecule has 0 atom stereocenters. The van der Waals surface area contributed by atoms with Crippen molar-refractivity contribution >= 4 is 0 Å². The predicted octanol–water partition coefficient (Wildman–Crippen LogP) is 3.17. The minimum Gasteiger partial charge on any atom is -0.497 e. The van der Waals surface area contributed by atoms with E-state index in [0.29, 0.717) is 6.61 Å². The Bertz CT molecular complexity index is 541.